The van der Waals surface area contributed by atoms with Crippen LogP contribution in [0.3, 0.4) is 0 Å². The van der Waals surface area contributed by atoms with Gasteiger partial charge >= 0.3 is 0 Å². The van der Waals surface area contributed by atoms with E-state index in [4.69, 9.17) is 4.74 Å². The van der Waals surface area contributed by atoms with E-state index in [1.54, 1.807) is 17.0 Å². The third-order valence-corrected chi connectivity index (χ3v) is 11.2. The number of amides is 3. The van der Waals surface area contributed by atoms with Crippen molar-refractivity contribution in [2.45, 2.75) is 64.1 Å². The number of nitrogens with one attached hydrogen (secondary N) is 1. The number of anilines is 1. The van der Waals surface area contributed by atoms with E-state index in [9.17, 15) is 24.6 Å². The van der Waals surface area contributed by atoms with Gasteiger partial charge in [-0.2, -0.15) is 0 Å². The molecule has 2 saturated heterocycles. The van der Waals surface area contributed by atoms with Crippen molar-refractivity contribution in [2.75, 3.05) is 44.2 Å². The number of phenols is 1. The number of carbonyl (C=O) groups is 3. The van der Waals surface area contributed by atoms with Crippen LogP contribution in [0.4, 0.5) is 5.69 Å². The zero-order valence-corrected chi connectivity index (χ0v) is 31.7. The first kappa shape index (κ1) is 37.8. The summed E-state index contributed by atoms with van der Waals surface area (Å²) in [6.45, 7) is 8.98. The molecule has 3 aliphatic rings. The van der Waals surface area contributed by atoms with Gasteiger partial charge in [-0.05, 0) is 102 Å². The Bertz CT molecular complexity index is 2040. The molecule has 0 spiro atoms. The minimum atomic E-state index is -0.877. The molecule has 4 aromatic rings. The van der Waals surface area contributed by atoms with Crippen molar-refractivity contribution >= 4 is 34.6 Å². The van der Waals surface area contributed by atoms with E-state index in [0.717, 1.165) is 78.4 Å². The predicted octanol–water partition coefficient (Wildman–Crippen LogP) is 6.25. The zero-order valence-electron chi connectivity index (χ0n) is 31.7. The standard InChI is InChI=1S/C45H50N4O6/c1-3-38(31-7-5-4-6-8-31)42(32-9-14-36(50)15-10-32)33-11-16-37(17-12-33)55-28-22-45(2,54)21-23-47-24-26-48(27-25-47)35-13-18-39-34(29-35)30-49(44(39)53)40-19-20-41(51)46-43(40)52/h4-18,29,40,50,54H,3,19-28,30H2,1-2H3,(H,46,51,52). The van der Waals surface area contributed by atoms with Gasteiger partial charge in [0.2, 0.25) is 11.8 Å². The second-order valence-corrected chi connectivity index (χ2v) is 15.1. The minimum Gasteiger partial charge on any atom is -0.508 e. The lowest BCUT2D eigenvalue weighted by Gasteiger charge is -2.37. The highest BCUT2D eigenvalue weighted by atomic mass is 16.5. The summed E-state index contributed by atoms with van der Waals surface area (Å²) in [7, 11) is 0. The number of piperazine rings is 1. The Morgan fingerprint density at radius 3 is 2.22 bits per heavy atom. The quantitative estimate of drug-likeness (QED) is 0.109. The molecule has 2 fully saturated rings. The number of hydrogen-bond donors (Lipinski definition) is 3. The van der Waals surface area contributed by atoms with Crippen LogP contribution in [0.2, 0.25) is 0 Å². The van der Waals surface area contributed by atoms with Crippen LogP contribution in [0, 0.1) is 0 Å². The molecule has 3 N–H and O–H groups in total. The van der Waals surface area contributed by atoms with Crippen LogP contribution in [0.25, 0.3) is 11.1 Å². The minimum absolute atomic E-state index is 0.158. The number of benzene rings is 4. The van der Waals surface area contributed by atoms with Crippen LogP contribution < -0.4 is 15.0 Å². The van der Waals surface area contributed by atoms with Gasteiger partial charge in [0.25, 0.3) is 5.91 Å². The van der Waals surface area contributed by atoms with Gasteiger partial charge in [-0.3, -0.25) is 24.6 Å². The van der Waals surface area contributed by atoms with Gasteiger partial charge in [0.1, 0.15) is 17.5 Å². The summed E-state index contributed by atoms with van der Waals surface area (Å²) < 4.78 is 6.13. The summed E-state index contributed by atoms with van der Waals surface area (Å²) >= 11 is 0. The molecule has 55 heavy (non-hydrogen) atoms. The Labute approximate surface area is 323 Å². The van der Waals surface area contributed by atoms with Crippen LogP contribution in [-0.4, -0.2) is 88.7 Å². The molecule has 2 unspecified atom stereocenters. The number of aromatic hydroxyl groups is 1. The van der Waals surface area contributed by atoms with E-state index >= 15 is 0 Å². The number of aliphatic hydroxyl groups is 1. The summed E-state index contributed by atoms with van der Waals surface area (Å²) in [5, 5.41) is 23.6. The van der Waals surface area contributed by atoms with E-state index in [2.05, 4.69) is 64.5 Å². The fourth-order valence-electron chi connectivity index (χ4n) is 7.93. The number of hydrogen-bond acceptors (Lipinski definition) is 8. The van der Waals surface area contributed by atoms with E-state index in [1.165, 1.54) is 5.57 Å². The van der Waals surface area contributed by atoms with Crippen molar-refractivity contribution in [1.29, 1.82) is 0 Å². The average Bonchev–Trinajstić information content (AvgIpc) is 3.52. The number of carbonyl (C=O) groups excluding carboxylic acids is 3. The van der Waals surface area contributed by atoms with Crippen molar-refractivity contribution < 1.29 is 29.3 Å². The monoisotopic (exact) mass is 742 g/mol. The maximum Gasteiger partial charge on any atom is 0.255 e. The molecule has 0 radical (unpaired) electrons. The molecule has 0 aliphatic carbocycles. The third-order valence-electron chi connectivity index (χ3n) is 11.2. The molecule has 4 aromatic carbocycles. The molecule has 7 rings (SSSR count). The van der Waals surface area contributed by atoms with E-state index in [0.29, 0.717) is 38.0 Å². The van der Waals surface area contributed by atoms with Gasteiger partial charge in [-0.15, -0.1) is 0 Å². The molecule has 10 heteroatoms. The molecule has 2 atom stereocenters. The summed E-state index contributed by atoms with van der Waals surface area (Å²) in [6.07, 6.45) is 2.57. The molecule has 3 amide bonds. The molecule has 3 heterocycles. The normalized spacial score (nSPS) is 19.1. The molecule has 286 valence electrons. The van der Waals surface area contributed by atoms with Crippen molar-refractivity contribution in [3.05, 3.63) is 125 Å². The van der Waals surface area contributed by atoms with Crippen molar-refractivity contribution in [2.24, 2.45) is 0 Å². The number of nitrogens with zero attached hydrogens (tertiary/aromatic N) is 3. The van der Waals surface area contributed by atoms with Crippen LogP contribution in [0.5, 0.6) is 11.5 Å². The lowest BCUT2D eigenvalue weighted by atomic mass is 9.88. The van der Waals surface area contributed by atoms with Crippen LogP contribution in [0.1, 0.15) is 78.6 Å². The van der Waals surface area contributed by atoms with Gasteiger partial charge in [-0.1, -0.05) is 61.5 Å². The van der Waals surface area contributed by atoms with Crippen molar-refractivity contribution in [3.63, 3.8) is 0 Å². The molecule has 3 aliphatic heterocycles. The van der Waals surface area contributed by atoms with Gasteiger partial charge in [0, 0.05) is 63.4 Å². The van der Waals surface area contributed by atoms with Gasteiger partial charge in [0.15, 0.2) is 0 Å². The van der Waals surface area contributed by atoms with Crippen molar-refractivity contribution in [3.8, 4) is 11.5 Å². The Morgan fingerprint density at radius 1 is 0.855 bits per heavy atom. The number of allylic oxidation sites excluding steroid dienone is 1. The average molecular weight is 743 g/mol. The highest BCUT2D eigenvalue weighted by Crippen LogP contribution is 2.36. The summed E-state index contributed by atoms with van der Waals surface area (Å²) in [6, 6.07) is 31.1. The SMILES string of the molecule is CCC(=C(c1ccc(O)cc1)c1ccc(OCCC(C)(O)CCN2CCN(c3ccc4c(c3)CN(C3CCC(=O)NC3=O)C4=O)CC2)cc1)c1ccccc1. The van der Waals surface area contributed by atoms with Gasteiger partial charge < -0.3 is 24.7 Å². The Balaban J connectivity index is 0.890. The van der Waals surface area contributed by atoms with E-state index in [1.807, 2.05) is 49.4 Å². The Kier molecular flexibility index (Phi) is 11.4. The fourth-order valence-corrected chi connectivity index (χ4v) is 7.93. The highest BCUT2D eigenvalue weighted by Gasteiger charge is 2.39. The maximum atomic E-state index is 13.1. The molecule has 0 saturated carbocycles. The summed E-state index contributed by atoms with van der Waals surface area (Å²) in [5.41, 5.74) is 7.31. The lowest BCUT2D eigenvalue weighted by molar-refractivity contribution is -0.136. The summed E-state index contributed by atoms with van der Waals surface area (Å²) in [5.74, 6) is 0.138. The van der Waals surface area contributed by atoms with Crippen LogP contribution in [-0.2, 0) is 16.1 Å². The topological polar surface area (TPSA) is 123 Å². The first-order valence-electron chi connectivity index (χ1n) is 19.4. The second-order valence-electron chi connectivity index (χ2n) is 15.1. The zero-order chi connectivity index (χ0) is 38.5. The molecule has 10 nitrogen and oxygen atoms in total. The number of phenolic OH excluding ortho intramolecular Hbond substituents is 1. The Morgan fingerprint density at radius 2 is 1.55 bits per heavy atom. The molecule has 0 aromatic heterocycles. The number of ether oxygens (including phenoxy) is 1. The lowest BCUT2D eigenvalue weighted by Crippen LogP contribution is -2.52. The molecular formula is C45H50N4O6. The van der Waals surface area contributed by atoms with Crippen molar-refractivity contribution in [1.82, 2.24) is 15.1 Å². The fraction of sp³-hybridized carbons (Fsp3) is 0.356. The van der Waals surface area contributed by atoms with Crippen LogP contribution >= 0.6 is 0 Å². The first-order valence-corrected chi connectivity index (χ1v) is 19.4. The second kappa shape index (κ2) is 16.5. The maximum absolute atomic E-state index is 13.1. The number of fused-ring (bicyclic) bond motifs is 1. The molecule has 0 bridgehead atoms. The number of piperidine rings is 1. The predicted molar refractivity (Wildman–Crippen MR) is 214 cm³/mol. The number of imide groups is 1. The largest absolute Gasteiger partial charge is 0.508 e. The first-order chi connectivity index (χ1) is 26.6. The highest BCUT2D eigenvalue weighted by molar-refractivity contribution is 6.05. The van der Waals surface area contributed by atoms with Gasteiger partial charge in [0.05, 0.1) is 12.2 Å². The summed E-state index contributed by atoms with van der Waals surface area (Å²) in [4.78, 5) is 43.4. The third kappa shape index (κ3) is 8.77. The Hall–Kier alpha value is -5.45. The van der Waals surface area contributed by atoms with E-state index < -0.39 is 17.6 Å². The number of rotatable bonds is 13. The van der Waals surface area contributed by atoms with Crippen LogP contribution in [0.15, 0.2) is 97.1 Å². The smallest absolute Gasteiger partial charge is 0.255 e. The van der Waals surface area contributed by atoms with Gasteiger partial charge in [-0.25, -0.2) is 0 Å². The molecular weight excluding hydrogens is 693 g/mol. The van der Waals surface area contributed by atoms with E-state index in [-0.39, 0.29) is 24.0 Å².